The monoisotopic (exact) mass is 241 g/mol. The van der Waals surface area contributed by atoms with Gasteiger partial charge in [-0.25, -0.2) is 9.37 Å². The molecular formula is C14H12FN3. The molecule has 18 heavy (non-hydrogen) atoms. The first-order valence-electron chi connectivity index (χ1n) is 5.70. The van der Waals surface area contributed by atoms with E-state index in [4.69, 9.17) is 0 Å². The fraction of sp³-hybridized carbons (Fsp3) is 0.0714. The number of aromatic amines is 1. The maximum atomic E-state index is 12.9. The van der Waals surface area contributed by atoms with E-state index >= 15 is 0 Å². The Morgan fingerprint density at radius 3 is 2.61 bits per heavy atom. The van der Waals surface area contributed by atoms with Crippen molar-refractivity contribution in [3.05, 3.63) is 48.3 Å². The number of rotatable bonds is 2. The molecule has 0 spiro atoms. The predicted octanol–water partition coefficient (Wildman–Crippen LogP) is 3.41. The van der Waals surface area contributed by atoms with Crippen LogP contribution in [0.4, 0.5) is 10.1 Å². The largest absolute Gasteiger partial charge is 0.388 e. The third kappa shape index (κ3) is 1.82. The lowest BCUT2D eigenvalue weighted by molar-refractivity contribution is 0.628. The van der Waals surface area contributed by atoms with Gasteiger partial charge in [0.1, 0.15) is 11.6 Å². The summed E-state index contributed by atoms with van der Waals surface area (Å²) in [6, 6.07) is 12.2. The zero-order valence-corrected chi connectivity index (χ0v) is 9.87. The highest BCUT2D eigenvalue weighted by molar-refractivity contribution is 5.82. The minimum atomic E-state index is -0.243. The molecule has 0 unspecified atom stereocenters. The first-order chi connectivity index (χ1) is 8.76. The van der Waals surface area contributed by atoms with Crippen LogP contribution in [0.3, 0.4) is 0 Å². The molecule has 2 N–H and O–H groups in total. The lowest BCUT2D eigenvalue weighted by Gasteiger charge is -1.97. The van der Waals surface area contributed by atoms with Gasteiger partial charge in [-0.2, -0.15) is 0 Å². The van der Waals surface area contributed by atoms with E-state index in [0.717, 1.165) is 28.1 Å². The van der Waals surface area contributed by atoms with E-state index in [1.807, 2.05) is 25.2 Å². The van der Waals surface area contributed by atoms with Crippen molar-refractivity contribution in [1.82, 2.24) is 9.97 Å². The van der Waals surface area contributed by atoms with Gasteiger partial charge in [0.15, 0.2) is 0 Å². The van der Waals surface area contributed by atoms with Crippen LogP contribution in [0, 0.1) is 5.82 Å². The number of nitrogens with one attached hydrogen (secondary N) is 2. The van der Waals surface area contributed by atoms with Crippen LogP contribution in [0.15, 0.2) is 42.5 Å². The Bertz CT molecular complexity index is 686. The quantitative estimate of drug-likeness (QED) is 0.721. The molecule has 0 radical (unpaired) electrons. The van der Waals surface area contributed by atoms with Crippen molar-refractivity contribution >= 4 is 16.7 Å². The van der Waals surface area contributed by atoms with Crippen LogP contribution in [-0.4, -0.2) is 17.0 Å². The minimum Gasteiger partial charge on any atom is -0.388 e. The molecule has 0 aliphatic heterocycles. The lowest BCUT2D eigenvalue weighted by atomic mass is 10.2. The third-order valence-electron chi connectivity index (χ3n) is 2.89. The summed E-state index contributed by atoms with van der Waals surface area (Å²) in [6.45, 7) is 0. The molecule has 1 aromatic heterocycles. The smallest absolute Gasteiger partial charge is 0.138 e. The summed E-state index contributed by atoms with van der Waals surface area (Å²) >= 11 is 0. The van der Waals surface area contributed by atoms with Crippen molar-refractivity contribution in [3.63, 3.8) is 0 Å². The molecule has 0 bridgehead atoms. The maximum absolute atomic E-state index is 12.9. The average molecular weight is 241 g/mol. The van der Waals surface area contributed by atoms with Gasteiger partial charge in [0, 0.05) is 18.3 Å². The number of benzene rings is 2. The van der Waals surface area contributed by atoms with Gasteiger partial charge in [-0.3, -0.25) is 0 Å². The van der Waals surface area contributed by atoms with E-state index in [9.17, 15) is 4.39 Å². The number of aromatic nitrogens is 2. The number of anilines is 1. The first kappa shape index (κ1) is 10.8. The van der Waals surface area contributed by atoms with Gasteiger partial charge < -0.3 is 10.3 Å². The zero-order chi connectivity index (χ0) is 12.5. The number of hydrogen-bond donors (Lipinski definition) is 2. The molecule has 0 amide bonds. The second-order valence-corrected chi connectivity index (χ2v) is 4.07. The summed E-state index contributed by atoms with van der Waals surface area (Å²) in [6.07, 6.45) is 0. The predicted molar refractivity (Wildman–Crippen MR) is 71.0 cm³/mol. The SMILES string of the molecule is CNc1ccc2nc(-c3ccc(F)cc3)[nH]c2c1. The summed E-state index contributed by atoms with van der Waals surface area (Å²) in [7, 11) is 1.87. The average Bonchev–Trinajstić information content (AvgIpc) is 2.82. The van der Waals surface area contributed by atoms with Crippen molar-refractivity contribution < 1.29 is 4.39 Å². The Balaban J connectivity index is 2.10. The molecule has 3 nitrogen and oxygen atoms in total. The van der Waals surface area contributed by atoms with E-state index in [1.165, 1.54) is 12.1 Å². The molecule has 3 rings (SSSR count). The molecule has 0 saturated heterocycles. The van der Waals surface area contributed by atoms with Crippen LogP contribution in [-0.2, 0) is 0 Å². The van der Waals surface area contributed by atoms with Crippen molar-refractivity contribution in [2.45, 2.75) is 0 Å². The van der Waals surface area contributed by atoms with Crippen molar-refractivity contribution in [3.8, 4) is 11.4 Å². The summed E-state index contributed by atoms with van der Waals surface area (Å²) in [5, 5.41) is 3.08. The van der Waals surface area contributed by atoms with Gasteiger partial charge in [-0.05, 0) is 42.5 Å². The Hall–Kier alpha value is -2.36. The number of hydrogen-bond acceptors (Lipinski definition) is 2. The van der Waals surface area contributed by atoms with Gasteiger partial charge in [0.25, 0.3) is 0 Å². The fourth-order valence-electron chi connectivity index (χ4n) is 1.91. The van der Waals surface area contributed by atoms with Gasteiger partial charge in [-0.1, -0.05) is 0 Å². The zero-order valence-electron chi connectivity index (χ0n) is 9.87. The van der Waals surface area contributed by atoms with Crippen molar-refractivity contribution in [1.29, 1.82) is 0 Å². The second-order valence-electron chi connectivity index (χ2n) is 4.07. The highest BCUT2D eigenvalue weighted by atomic mass is 19.1. The van der Waals surface area contributed by atoms with Gasteiger partial charge in [0.05, 0.1) is 11.0 Å². The van der Waals surface area contributed by atoms with Crippen molar-refractivity contribution in [2.75, 3.05) is 12.4 Å². The van der Waals surface area contributed by atoms with Crippen LogP contribution < -0.4 is 5.32 Å². The van der Waals surface area contributed by atoms with Crippen LogP contribution in [0.25, 0.3) is 22.4 Å². The molecule has 4 heteroatoms. The normalized spacial score (nSPS) is 10.8. The highest BCUT2D eigenvalue weighted by Gasteiger charge is 2.05. The number of H-pyrrole nitrogens is 1. The Labute approximate surface area is 104 Å². The van der Waals surface area contributed by atoms with Crippen LogP contribution >= 0.6 is 0 Å². The molecule has 3 aromatic rings. The molecule has 0 fully saturated rings. The fourth-order valence-corrected chi connectivity index (χ4v) is 1.91. The molecule has 0 saturated carbocycles. The second kappa shape index (κ2) is 4.14. The standard InChI is InChI=1S/C14H12FN3/c1-16-11-6-7-12-13(8-11)18-14(17-12)9-2-4-10(15)5-3-9/h2-8,16H,1H3,(H,17,18). The summed E-state index contributed by atoms with van der Waals surface area (Å²) in [4.78, 5) is 7.71. The van der Waals surface area contributed by atoms with E-state index < -0.39 is 0 Å². The molecule has 0 aliphatic carbocycles. The van der Waals surface area contributed by atoms with Crippen LogP contribution in [0.5, 0.6) is 0 Å². The topological polar surface area (TPSA) is 40.7 Å². The number of halogens is 1. The van der Waals surface area contributed by atoms with Crippen LogP contribution in [0.1, 0.15) is 0 Å². The van der Waals surface area contributed by atoms with Gasteiger partial charge in [0.2, 0.25) is 0 Å². The summed E-state index contributed by atoms with van der Waals surface area (Å²) in [5.74, 6) is 0.505. The third-order valence-corrected chi connectivity index (χ3v) is 2.89. The number of fused-ring (bicyclic) bond motifs is 1. The van der Waals surface area contributed by atoms with Gasteiger partial charge in [-0.15, -0.1) is 0 Å². The Morgan fingerprint density at radius 2 is 1.89 bits per heavy atom. The Morgan fingerprint density at radius 1 is 1.11 bits per heavy atom. The van der Waals surface area contributed by atoms with Gasteiger partial charge >= 0.3 is 0 Å². The molecule has 0 aliphatic rings. The van der Waals surface area contributed by atoms with E-state index in [0.29, 0.717) is 0 Å². The van der Waals surface area contributed by atoms with E-state index in [1.54, 1.807) is 12.1 Å². The molecule has 0 atom stereocenters. The number of imidazole rings is 1. The summed E-state index contributed by atoms with van der Waals surface area (Å²) < 4.78 is 12.9. The lowest BCUT2D eigenvalue weighted by Crippen LogP contribution is -1.86. The van der Waals surface area contributed by atoms with E-state index in [-0.39, 0.29) is 5.82 Å². The summed E-state index contributed by atoms with van der Waals surface area (Å²) in [5.41, 5.74) is 3.75. The Kier molecular flexibility index (Phi) is 2.48. The molecular weight excluding hydrogens is 229 g/mol. The molecule has 90 valence electrons. The maximum Gasteiger partial charge on any atom is 0.138 e. The minimum absolute atomic E-state index is 0.243. The molecule has 1 heterocycles. The molecule has 2 aromatic carbocycles. The van der Waals surface area contributed by atoms with Crippen molar-refractivity contribution in [2.24, 2.45) is 0 Å². The highest BCUT2D eigenvalue weighted by Crippen LogP contribution is 2.22. The van der Waals surface area contributed by atoms with Crippen LogP contribution in [0.2, 0.25) is 0 Å². The number of nitrogens with zero attached hydrogens (tertiary/aromatic N) is 1. The van der Waals surface area contributed by atoms with E-state index in [2.05, 4.69) is 15.3 Å². The first-order valence-corrected chi connectivity index (χ1v) is 5.70.